The highest BCUT2D eigenvalue weighted by atomic mass is 16.4. The van der Waals surface area contributed by atoms with Gasteiger partial charge in [0.05, 0.1) is 0 Å². The van der Waals surface area contributed by atoms with Crippen LogP contribution in [0.5, 0.6) is 0 Å². The molecule has 1 atom stereocenters. The summed E-state index contributed by atoms with van der Waals surface area (Å²) in [6.45, 7) is 8.39. The minimum absolute atomic E-state index is 0.691. The van der Waals surface area contributed by atoms with Crippen molar-refractivity contribution in [1.29, 1.82) is 0 Å². The first-order chi connectivity index (χ1) is 7.83. The lowest BCUT2D eigenvalue weighted by Gasteiger charge is -2.35. The fourth-order valence-corrected chi connectivity index (χ4v) is 2.16. The summed E-state index contributed by atoms with van der Waals surface area (Å²) in [6.07, 6.45) is 0. The Hall–Kier alpha value is -1.35. The fourth-order valence-electron chi connectivity index (χ4n) is 2.16. The summed E-state index contributed by atoms with van der Waals surface area (Å²) in [4.78, 5) is 13.5. The van der Waals surface area contributed by atoms with E-state index in [0.717, 1.165) is 16.7 Å². The standard InChI is InChI=1S/C14H21NO2/c1-6-15(5)14(4,13(16)17)12-8-7-10(2)9-11(12)3/h7-9H,6H2,1-5H3,(H,16,17). The molecule has 17 heavy (non-hydrogen) atoms. The molecule has 3 heteroatoms. The highest BCUT2D eigenvalue weighted by molar-refractivity contribution is 5.80. The average molecular weight is 235 g/mol. The maximum absolute atomic E-state index is 11.6. The lowest BCUT2D eigenvalue weighted by Crippen LogP contribution is -2.48. The Bertz CT molecular complexity index is 428. The molecule has 0 bridgehead atoms. The molecular formula is C14H21NO2. The Balaban J connectivity index is 3.37. The molecule has 0 heterocycles. The summed E-state index contributed by atoms with van der Waals surface area (Å²) >= 11 is 0. The fraction of sp³-hybridized carbons (Fsp3) is 0.500. The molecule has 3 nitrogen and oxygen atoms in total. The van der Waals surface area contributed by atoms with E-state index >= 15 is 0 Å². The number of likely N-dealkylation sites (N-methyl/N-ethyl adjacent to an activating group) is 1. The predicted molar refractivity (Wildman–Crippen MR) is 69.2 cm³/mol. The van der Waals surface area contributed by atoms with Gasteiger partial charge in [0.25, 0.3) is 0 Å². The number of benzene rings is 1. The molecule has 1 rings (SSSR count). The van der Waals surface area contributed by atoms with Gasteiger partial charge in [-0.15, -0.1) is 0 Å². The second-order valence-electron chi connectivity index (χ2n) is 4.71. The van der Waals surface area contributed by atoms with Gasteiger partial charge in [-0.25, -0.2) is 4.79 Å². The number of rotatable bonds is 4. The molecule has 0 aliphatic carbocycles. The van der Waals surface area contributed by atoms with Gasteiger partial charge in [-0.1, -0.05) is 30.7 Å². The normalized spacial score (nSPS) is 14.7. The second kappa shape index (κ2) is 4.88. The molecular weight excluding hydrogens is 214 g/mol. The molecule has 0 fully saturated rings. The van der Waals surface area contributed by atoms with Gasteiger partial charge in [0.1, 0.15) is 5.54 Å². The Morgan fingerprint density at radius 3 is 2.41 bits per heavy atom. The van der Waals surface area contributed by atoms with Crippen LogP contribution in [0.3, 0.4) is 0 Å². The van der Waals surface area contributed by atoms with Gasteiger partial charge in [0, 0.05) is 0 Å². The van der Waals surface area contributed by atoms with Crippen molar-refractivity contribution in [2.45, 2.75) is 33.2 Å². The van der Waals surface area contributed by atoms with Gasteiger partial charge >= 0.3 is 5.97 Å². The van der Waals surface area contributed by atoms with Gasteiger partial charge in [0.15, 0.2) is 0 Å². The molecule has 94 valence electrons. The van der Waals surface area contributed by atoms with Crippen LogP contribution in [0.15, 0.2) is 18.2 Å². The molecule has 0 radical (unpaired) electrons. The lowest BCUT2D eigenvalue weighted by molar-refractivity contribution is -0.150. The van der Waals surface area contributed by atoms with Crippen LogP contribution in [0.1, 0.15) is 30.5 Å². The van der Waals surface area contributed by atoms with Crippen LogP contribution in [0.4, 0.5) is 0 Å². The van der Waals surface area contributed by atoms with Gasteiger partial charge in [-0.3, -0.25) is 4.90 Å². The van der Waals surface area contributed by atoms with Crippen LogP contribution in [-0.4, -0.2) is 29.6 Å². The van der Waals surface area contributed by atoms with Gasteiger partial charge in [0.2, 0.25) is 0 Å². The van der Waals surface area contributed by atoms with E-state index < -0.39 is 11.5 Å². The zero-order valence-electron chi connectivity index (χ0n) is 11.2. The van der Waals surface area contributed by atoms with Gasteiger partial charge in [-0.2, -0.15) is 0 Å². The molecule has 0 aliphatic rings. The first kappa shape index (κ1) is 13.7. The highest BCUT2D eigenvalue weighted by Crippen LogP contribution is 2.30. The molecule has 0 saturated carbocycles. The molecule has 0 spiro atoms. The maximum atomic E-state index is 11.6. The summed E-state index contributed by atoms with van der Waals surface area (Å²) in [5.74, 6) is -0.811. The number of carboxylic acid groups (broad SMARTS) is 1. The van der Waals surface area contributed by atoms with Crippen LogP contribution in [0.25, 0.3) is 0 Å². The van der Waals surface area contributed by atoms with Crippen molar-refractivity contribution in [3.8, 4) is 0 Å². The Morgan fingerprint density at radius 1 is 1.41 bits per heavy atom. The Morgan fingerprint density at radius 2 is 2.00 bits per heavy atom. The molecule has 0 amide bonds. The van der Waals surface area contributed by atoms with Gasteiger partial charge < -0.3 is 5.11 Å². The van der Waals surface area contributed by atoms with Crippen molar-refractivity contribution >= 4 is 5.97 Å². The zero-order valence-corrected chi connectivity index (χ0v) is 11.2. The molecule has 0 aromatic heterocycles. The van der Waals surface area contributed by atoms with E-state index in [4.69, 9.17) is 0 Å². The highest BCUT2D eigenvalue weighted by Gasteiger charge is 2.39. The van der Waals surface area contributed by atoms with E-state index in [9.17, 15) is 9.90 Å². The first-order valence-corrected chi connectivity index (χ1v) is 5.86. The van der Waals surface area contributed by atoms with Crippen LogP contribution in [0, 0.1) is 13.8 Å². The third kappa shape index (κ3) is 2.34. The number of carbonyl (C=O) groups is 1. The summed E-state index contributed by atoms with van der Waals surface area (Å²) in [5, 5.41) is 9.54. The summed E-state index contributed by atoms with van der Waals surface area (Å²) in [7, 11) is 1.84. The van der Waals surface area contributed by atoms with Crippen molar-refractivity contribution in [3.63, 3.8) is 0 Å². The smallest absolute Gasteiger partial charge is 0.328 e. The topological polar surface area (TPSA) is 40.5 Å². The molecule has 0 saturated heterocycles. The van der Waals surface area contributed by atoms with Crippen molar-refractivity contribution in [2.24, 2.45) is 0 Å². The predicted octanol–water partition coefficient (Wildman–Crippen LogP) is 2.55. The maximum Gasteiger partial charge on any atom is 0.328 e. The Labute approximate surface area is 103 Å². The first-order valence-electron chi connectivity index (χ1n) is 5.86. The summed E-state index contributed by atoms with van der Waals surface area (Å²) in [5.41, 5.74) is 2.07. The third-order valence-corrected chi connectivity index (χ3v) is 3.56. The van der Waals surface area contributed by atoms with E-state index in [1.807, 2.05) is 50.9 Å². The van der Waals surface area contributed by atoms with Crippen LogP contribution in [-0.2, 0) is 10.3 Å². The number of hydrogen-bond acceptors (Lipinski definition) is 2. The number of hydrogen-bond donors (Lipinski definition) is 1. The largest absolute Gasteiger partial charge is 0.480 e. The lowest BCUT2D eigenvalue weighted by atomic mass is 9.86. The summed E-state index contributed by atoms with van der Waals surface area (Å²) in [6, 6.07) is 5.91. The summed E-state index contributed by atoms with van der Waals surface area (Å²) < 4.78 is 0. The molecule has 1 aromatic carbocycles. The average Bonchev–Trinajstić information content (AvgIpc) is 2.26. The van der Waals surface area contributed by atoms with Crippen molar-refractivity contribution in [3.05, 3.63) is 34.9 Å². The van der Waals surface area contributed by atoms with Crippen LogP contribution < -0.4 is 0 Å². The monoisotopic (exact) mass is 235 g/mol. The minimum Gasteiger partial charge on any atom is -0.480 e. The number of nitrogens with zero attached hydrogens (tertiary/aromatic N) is 1. The number of aliphatic carboxylic acids is 1. The van der Waals surface area contributed by atoms with Crippen molar-refractivity contribution in [1.82, 2.24) is 4.90 Å². The minimum atomic E-state index is -0.966. The van der Waals surface area contributed by atoms with E-state index in [1.165, 1.54) is 0 Å². The molecule has 0 aliphatic heterocycles. The molecule has 1 aromatic rings. The van der Waals surface area contributed by atoms with Crippen molar-refractivity contribution < 1.29 is 9.90 Å². The number of carboxylic acids is 1. The van der Waals surface area contributed by atoms with E-state index in [2.05, 4.69) is 0 Å². The Kier molecular flexibility index (Phi) is 3.94. The SMILES string of the molecule is CCN(C)C(C)(C(=O)O)c1ccc(C)cc1C. The van der Waals surface area contributed by atoms with E-state index in [-0.39, 0.29) is 0 Å². The van der Waals surface area contributed by atoms with Crippen LogP contribution in [0.2, 0.25) is 0 Å². The number of aryl methyl sites for hydroxylation is 2. The second-order valence-corrected chi connectivity index (χ2v) is 4.71. The van der Waals surface area contributed by atoms with Crippen molar-refractivity contribution in [2.75, 3.05) is 13.6 Å². The van der Waals surface area contributed by atoms with Crippen LogP contribution >= 0.6 is 0 Å². The van der Waals surface area contributed by atoms with Gasteiger partial charge in [-0.05, 0) is 45.5 Å². The van der Waals surface area contributed by atoms with E-state index in [0.29, 0.717) is 6.54 Å². The third-order valence-electron chi connectivity index (χ3n) is 3.56. The zero-order chi connectivity index (χ0) is 13.2. The molecule has 1 unspecified atom stereocenters. The molecule has 1 N–H and O–H groups in total. The quantitative estimate of drug-likeness (QED) is 0.872. The van der Waals surface area contributed by atoms with E-state index in [1.54, 1.807) is 6.92 Å².